The van der Waals surface area contributed by atoms with Crippen LogP contribution in [0.1, 0.15) is 19.3 Å². The summed E-state index contributed by atoms with van der Waals surface area (Å²) in [7, 11) is -2.40. The number of thiol groups is 1. The first-order chi connectivity index (χ1) is 6.22. The van der Waals surface area contributed by atoms with Crippen LogP contribution in [-0.4, -0.2) is 13.7 Å². The molecule has 0 aliphatic rings. The van der Waals surface area contributed by atoms with Gasteiger partial charge < -0.3 is 0 Å². The monoisotopic (exact) mass is 199 g/mol. The molecule has 0 amide bonds. The number of nitriles is 1. The summed E-state index contributed by atoms with van der Waals surface area (Å²) in [6.07, 6.45) is 6.25. The Morgan fingerprint density at radius 3 is 2.54 bits per heavy atom. The van der Waals surface area contributed by atoms with Crippen molar-refractivity contribution in [3.05, 3.63) is 24.8 Å². The SMILES string of the molecule is C=CCC(C/C=C\CC#N)[SH](=O)=O. The highest BCUT2D eigenvalue weighted by Crippen LogP contribution is 2.04. The van der Waals surface area contributed by atoms with E-state index in [2.05, 4.69) is 6.58 Å². The molecule has 1 atom stereocenters. The summed E-state index contributed by atoms with van der Waals surface area (Å²) in [5.74, 6) is 0. The minimum Gasteiger partial charge on any atom is -0.232 e. The Balaban J connectivity index is 3.97. The molecule has 0 fully saturated rings. The van der Waals surface area contributed by atoms with Gasteiger partial charge in [-0.05, 0) is 12.8 Å². The van der Waals surface area contributed by atoms with E-state index in [-0.39, 0.29) is 5.25 Å². The molecule has 0 aromatic heterocycles. The molecule has 3 nitrogen and oxygen atoms in total. The summed E-state index contributed by atoms with van der Waals surface area (Å²) in [6, 6.07) is 1.94. The number of allylic oxidation sites excluding steroid dienone is 3. The Hall–Kier alpha value is -1.08. The summed E-state index contributed by atoms with van der Waals surface area (Å²) >= 11 is 0. The average molecular weight is 199 g/mol. The van der Waals surface area contributed by atoms with Crippen molar-refractivity contribution in [1.82, 2.24) is 0 Å². The molecule has 1 unspecified atom stereocenters. The van der Waals surface area contributed by atoms with Crippen LogP contribution in [0.25, 0.3) is 0 Å². The van der Waals surface area contributed by atoms with Gasteiger partial charge in [0.2, 0.25) is 0 Å². The van der Waals surface area contributed by atoms with E-state index in [1.807, 2.05) is 6.07 Å². The predicted molar refractivity (Wildman–Crippen MR) is 52.9 cm³/mol. The van der Waals surface area contributed by atoms with Crippen LogP contribution >= 0.6 is 0 Å². The zero-order valence-corrected chi connectivity index (χ0v) is 8.24. The van der Waals surface area contributed by atoms with Crippen molar-refractivity contribution < 1.29 is 8.42 Å². The van der Waals surface area contributed by atoms with Crippen LogP contribution in [0.5, 0.6) is 0 Å². The summed E-state index contributed by atoms with van der Waals surface area (Å²) < 4.78 is 21.3. The molecule has 0 heterocycles. The van der Waals surface area contributed by atoms with Gasteiger partial charge in [0.15, 0.2) is 0 Å². The summed E-state index contributed by atoms with van der Waals surface area (Å²) in [5, 5.41) is 7.83. The normalized spacial score (nSPS) is 12.9. The van der Waals surface area contributed by atoms with Gasteiger partial charge in [0.05, 0.1) is 17.7 Å². The van der Waals surface area contributed by atoms with Gasteiger partial charge in [-0.15, -0.1) is 6.58 Å². The molecule has 0 rings (SSSR count). The van der Waals surface area contributed by atoms with E-state index in [0.717, 1.165) is 0 Å². The highest BCUT2D eigenvalue weighted by Gasteiger charge is 2.06. The number of nitrogens with zero attached hydrogens (tertiary/aromatic N) is 1. The molecule has 13 heavy (non-hydrogen) atoms. The summed E-state index contributed by atoms with van der Waals surface area (Å²) in [5.41, 5.74) is 0. The molecular formula is C9H13NO2S. The van der Waals surface area contributed by atoms with Crippen molar-refractivity contribution in [2.24, 2.45) is 0 Å². The van der Waals surface area contributed by atoms with Crippen LogP contribution < -0.4 is 0 Å². The first-order valence-corrected chi connectivity index (χ1v) is 5.23. The molecule has 0 aliphatic heterocycles. The van der Waals surface area contributed by atoms with E-state index in [4.69, 9.17) is 5.26 Å². The smallest absolute Gasteiger partial charge is 0.143 e. The molecule has 72 valence electrons. The first-order valence-electron chi connectivity index (χ1n) is 3.98. The molecule has 0 spiro atoms. The van der Waals surface area contributed by atoms with E-state index >= 15 is 0 Å². The maximum atomic E-state index is 10.6. The highest BCUT2D eigenvalue weighted by molar-refractivity contribution is 7.73. The van der Waals surface area contributed by atoms with Crippen molar-refractivity contribution in [2.75, 3.05) is 0 Å². The largest absolute Gasteiger partial charge is 0.232 e. The lowest BCUT2D eigenvalue weighted by molar-refractivity contribution is 0.599. The van der Waals surface area contributed by atoms with E-state index in [1.54, 1.807) is 18.2 Å². The fraction of sp³-hybridized carbons (Fsp3) is 0.444. The molecule has 0 radical (unpaired) electrons. The van der Waals surface area contributed by atoms with Gasteiger partial charge in [-0.3, -0.25) is 0 Å². The zero-order valence-electron chi connectivity index (χ0n) is 7.35. The molecule has 0 saturated carbocycles. The van der Waals surface area contributed by atoms with Crippen LogP contribution in [0, 0.1) is 11.3 Å². The second kappa shape index (κ2) is 7.56. The standard InChI is InChI=1S/C9H13NO2S/c1-2-6-9(13(11)12)7-4-3-5-8-10/h2-4,9,13H,1,5-7H2/b4-3-. The van der Waals surface area contributed by atoms with Gasteiger partial charge in [0.25, 0.3) is 0 Å². The molecule has 0 saturated heterocycles. The number of rotatable bonds is 6. The molecule has 4 heteroatoms. The topological polar surface area (TPSA) is 57.9 Å². The molecule has 0 aromatic rings. The zero-order chi connectivity index (χ0) is 10.1. The molecule has 0 aliphatic carbocycles. The van der Waals surface area contributed by atoms with Crippen molar-refractivity contribution in [3.63, 3.8) is 0 Å². The number of hydrogen-bond acceptors (Lipinski definition) is 3. The first kappa shape index (κ1) is 11.9. The average Bonchev–Trinajstić information content (AvgIpc) is 2.10. The second-order valence-corrected chi connectivity index (χ2v) is 3.83. The van der Waals surface area contributed by atoms with Crippen molar-refractivity contribution in [2.45, 2.75) is 24.5 Å². The van der Waals surface area contributed by atoms with E-state index < -0.39 is 10.7 Å². The van der Waals surface area contributed by atoms with Crippen LogP contribution in [0.2, 0.25) is 0 Å². The summed E-state index contributed by atoms with van der Waals surface area (Å²) in [4.78, 5) is 0. The lowest BCUT2D eigenvalue weighted by Crippen LogP contribution is -2.06. The molecular weight excluding hydrogens is 186 g/mol. The maximum Gasteiger partial charge on any atom is 0.143 e. The fourth-order valence-corrected chi connectivity index (χ4v) is 1.47. The molecule has 0 aromatic carbocycles. The van der Waals surface area contributed by atoms with Crippen LogP contribution in [-0.2, 0) is 10.7 Å². The van der Waals surface area contributed by atoms with Gasteiger partial charge in [0, 0.05) is 0 Å². The van der Waals surface area contributed by atoms with E-state index in [9.17, 15) is 8.42 Å². The van der Waals surface area contributed by atoms with Crippen molar-refractivity contribution in [3.8, 4) is 6.07 Å². The Kier molecular flexibility index (Phi) is 6.93. The third-order valence-electron chi connectivity index (χ3n) is 1.52. The van der Waals surface area contributed by atoms with Crippen LogP contribution in [0.4, 0.5) is 0 Å². The van der Waals surface area contributed by atoms with Gasteiger partial charge in [-0.25, -0.2) is 8.42 Å². The lowest BCUT2D eigenvalue weighted by atomic mass is 10.2. The second-order valence-electron chi connectivity index (χ2n) is 2.53. The fourth-order valence-electron chi connectivity index (χ4n) is 0.850. The van der Waals surface area contributed by atoms with Gasteiger partial charge in [-0.1, -0.05) is 18.2 Å². The van der Waals surface area contributed by atoms with Crippen LogP contribution in [0.3, 0.4) is 0 Å². The lowest BCUT2D eigenvalue weighted by Gasteiger charge is -2.02. The minimum absolute atomic E-state index is 0.330. The Labute approximate surface area is 80.3 Å². The Morgan fingerprint density at radius 2 is 2.08 bits per heavy atom. The predicted octanol–water partition coefficient (Wildman–Crippen LogP) is 1.40. The van der Waals surface area contributed by atoms with Crippen molar-refractivity contribution in [1.29, 1.82) is 5.26 Å². The van der Waals surface area contributed by atoms with E-state index in [0.29, 0.717) is 19.3 Å². The summed E-state index contributed by atoms with van der Waals surface area (Å²) in [6.45, 7) is 3.48. The quantitative estimate of drug-likeness (QED) is 0.519. The van der Waals surface area contributed by atoms with E-state index in [1.165, 1.54) is 0 Å². The molecule has 0 bridgehead atoms. The third-order valence-corrected chi connectivity index (χ3v) is 2.54. The minimum atomic E-state index is -2.40. The van der Waals surface area contributed by atoms with Gasteiger partial charge in [0.1, 0.15) is 10.7 Å². The Bertz CT molecular complexity index is 278. The third kappa shape index (κ3) is 6.12. The maximum absolute atomic E-state index is 10.6. The Morgan fingerprint density at radius 1 is 1.38 bits per heavy atom. The van der Waals surface area contributed by atoms with Crippen molar-refractivity contribution >= 4 is 10.7 Å². The number of hydrogen-bond donors (Lipinski definition) is 1. The van der Waals surface area contributed by atoms with Gasteiger partial charge >= 0.3 is 0 Å². The van der Waals surface area contributed by atoms with Crippen LogP contribution in [0.15, 0.2) is 24.8 Å². The van der Waals surface area contributed by atoms with Gasteiger partial charge in [-0.2, -0.15) is 5.26 Å². The highest BCUT2D eigenvalue weighted by atomic mass is 32.2. The molecule has 0 N–H and O–H groups in total.